The van der Waals surface area contributed by atoms with Crippen LogP contribution < -0.4 is 20.7 Å². The van der Waals surface area contributed by atoms with E-state index in [0.29, 0.717) is 17.5 Å². The van der Waals surface area contributed by atoms with Gasteiger partial charge in [0.15, 0.2) is 11.6 Å². The lowest BCUT2D eigenvalue weighted by Crippen LogP contribution is -2.61. The predicted molar refractivity (Wildman–Crippen MR) is 120 cm³/mol. The summed E-state index contributed by atoms with van der Waals surface area (Å²) >= 11 is -0.551. The lowest BCUT2D eigenvalue weighted by Gasteiger charge is -2.32. The maximum absolute atomic E-state index is 14.2. The molecule has 0 aliphatic carbocycles. The number of thioether (sulfide) groups is 1. The van der Waals surface area contributed by atoms with Crippen LogP contribution >= 0.6 is 11.8 Å². The summed E-state index contributed by atoms with van der Waals surface area (Å²) in [6.45, 7) is 1.73. The highest BCUT2D eigenvalue weighted by molar-refractivity contribution is 8.00. The minimum atomic E-state index is -4.62. The van der Waals surface area contributed by atoms with Crippen molar-refractivity contribution in [3.63, 3.8) is 0 Å². The molecular formula is C23H24F5N3O3S. The molecule has 190 valence electrons. The van der Waals surface area contributed by atoms with Gasteiger partial charge in [0.1, 0.15) is 5.82 Å². The van der Waals surface area contributed by atoms with E-state index in [4.69, 9.17) is 4.74 Å². The van der Waals surface area contributed by atoms with Gasteiger partial charge in [-0.15, -0.1) is 0 Å². The molecule has 1 saturated heterocycles. The van der Waals surface area contributed by atoms with Gasteiger partial charge in [-0.3, -0.25) is 14.9 Å². The van der Waals surface area contributed by atoms with E-state index in [0.717, 1.165) is 12.1 Å². The van der Waals surface area contributed by atoms with Crippen molar-refractivity contribution >= 4 is 23.6 Å². The monoisotopic (exact) mass is 517 g/mol. The minimum absolute atomic E-state index is 0.0821. The number of rotatable bonds is 8. The van der Waals surface area contributed by atoms with Crippen molar-refractivity contribution < 1.29 is 36.3 Å². The fourth-order valence-electron chi connectivity index (χ4n) is 3.77. The first-order chi connectivity index (χ1) is 16.5. The van der Waals surface area contributed by atoms with Gasteiger partial charge in [-0.25, -0.2) is 8.78 Å². The Morgan fingerprint density at radius 2 is 1.94 bits per heavy atom. The molecule has 3 rings (SSSR count). The molecule has 2 amide bonds. The van der Waals surface area contributed by atoms with Crippen molar-refractivity contribution in [3.05, 3.63) is 59.2 Å². The van der Waals surface area contributed by atoms with Crippen molar-refractivity contribution in [2.24, 2.45) is 0 Å². The van der Waals surface area contributed by atoms with Crippen LogP contribution in [0.2, 0.25) is 0 Å². The topological polar surface area (TPSA) is 79.5 Å². The quantitative estimate of drug-likeness (QED) is 0.362. The zero-order valence-corrected chi connectivity index (χ0v) is 19.7. The normalized spacial score (nSPS) is 19.1. The van der Waals surface area contributed by atoms with Gasteiger partial charge in [0.2, 0.25) is 11.8 Å². The molecule has 0 saturated carbocycles. The first-order valence-corrected chi connectivity index (χ1v) is 11.5. The largest absolute Gasteiger partial charge is 0.494 e. The number of ether oxygens (including phenoxy) is 1. The summed E-state index contributed by atoms with van der Waals surface area (Å²) in [6.07, 6.45) is -0.247. The Morgan fingerprint density at radius 3 is 2.54 bits per heavy atom. The second-order valence-corrected chi connectivity index (χ2v) is 9.03. The van der Waals surface area contributed by atoms with Crippen molar-refractivity contribution in [1.29, 1.82) is 0 Å². The van der Waals surface area contributed by atoms with E-state index in [2.05, 4.69) is 16.0 Å². The van der Waals surface area contributed by atoms with Gasteiger partial charge in [-0.2, -0.15) is 13.2 Å². The van der Waals surface area contributed by atoms with Crippen LogP contribution in [0.4, 0.5) is 22.0 Å². The molecule has 2 aromatic carbocycles. The van der Waals surface area contributed by atoms with Crippen molar-refractivity contribution in [2.75, 3.05) is 7.11 Å². The Balaban J connectivity index is 1.66. The molecule has 3 atom stereocenters. The molecule has 1 aliphatic rings. The summed E-state index contributed by atoms with van der Waals surface area (Å²) in [5.74, 6) is -2.42. The number of halogens is 5. The van der Waals surface area contributed by atoms with E-state index in [1.54, 1.807) is 13.0 Å². The van der Waals surface area contributed by atoms with Gasteiger partial charge in [0.25, 0.3) is 0 Å². The molecule has 0 spiro atoms. The average molecular weight is 518 g/mol. The Bertz CT molecular complexity index is 1080. The Kier molecular flexibility index (Phi) is 8.60. The number of carbonyl (C=O) groups is 2. The number of amides is 2. The van der Waals surface area contributed by atoms with Crippen LogP contribution in [0.15, 0.2) is 41.3 Å². The van der Waals surface area contributed by atoms with Crippen LogP contribution in [0.5, 0.6) is 5.75 Å². The third-order valence-electron chi connectivity index (χ3n) is 5.41. The number of carbonyl (C=O) groups excluding carboxylic acids is 2. The van der Waals surface area contributed by atoms with Gasteiger partial charge in [0.05, 0.1) is 36.7 Å². The molecule has 35 heavy (non-hydrogen) atoms. The first kappa shape index (κ1) is 26.7. The number of hydrogen-bond donors (Lipinski definition) is 3. The average Bonchev–Trinajstić information content (AvgIpc) is 2.77. The number of alkyl halides is 3. The molecule has 0 bridgehead atoms. The summed E-state index contributed by atoms with van der Waals surface area (Å²) in [4.78, 5) is 24.5. The van der Waals surface area contributed by atoms with Gasteiger partial charge in [0, 0.05) is 6.42 Å². The van der Waals surface area contributed by atoms with Crippen molar-refractivity contribution in [1.82, 2.24) is 16.0 Å². The lowest BCUT2D eigenvalue weighted by atomic mass is 10.0. The molecular weight excluding hydrogens is 493 g/mol. The second-order valence-electron chi connectivity index (χ2n) is 7.92. The smallest absolute Gasteiger partial charge is 0.446 e. The minimum Gasteiger partial charge on any atom is -0.494 e. The van der Waals surface area contributed by atoms with E-state index < -0.39 is 58.0 Å². The van der Waals surface area contributed by atoms with Crippen LogP contribution in [0, 0.1) is 11.6 Å². The molecule has 1 fully saturated rings. The van der Waals surface area contributed by atoms with Crippen molar-refractivity contribution in [3.8, 4) is 5.75 Å². The zero-order chi connectivity index (χ0) is 25.8. The Hall–Kier alpha value is -2.86. The third-order valence-corrected chi connectivity index (χ3v) is 6.19. The van der Waals surface area contributed by atoms with Crippen molar-refractivity contribution in [2.45, 2.75) is 54.8 Å². The molecule has 2 aromatic rings. The van der Waals surface area contributed by atoms with E-state index in [-0.39, 0.29) is 24.5 Å². The number of hydrogen-bond acceptors (Lipinski definition) is 5. The Labute approximate surface area is 203 Å². The summed E-state index contributed by atoms with van der Waals surface area (Å²) < 4.78 is 70.8. The summed E-state index contributed by atoms with van der Waals surface area (Å²) in [6, 6.07) is 6.11. The first-order valence-electron chi connectivity index (χ1n) is 10.7. The predicted octanol–water partition coefficient (Wildman–Crippen LogP) is 4.20. The maximum atomic E-state index is 14.2. The van der Waals surface area contributed by atoms with Gasteiger partial charge in [-0.05, 0) is 53.6 Å². The van der Waals surface area contributed by atoms with Gasteiger partial charge >= 0.3 is 5.51 Å². The molecule has 0 radical (unpaired) electrons. The van der Waals surface area contributed by atoms with Crippen LogP contribution in [-0.4, -0.2) is 36.6 Å². The fourth-order valence-corrected chi connectivity index (χ4v) is 4.31. The molecule has 2 unspecified atom stereocenters. The molecule has 6 nitrogen and oxygen atoms in total. The standard InChI is InChI=1S/C23H24F5N3O3S/c1-3-16(13-5-7-19(15(25)10-13)35-23(26,27)28)30-22(33)17-11-21(32)31-20(29-17)9-12-4-6-18(34-2)14(24)8-12/h4-8,10,16-17,20,29H,3,9,11H2,1-2H3,(H,30,33)(H,31,32)/t16-,17?,20?/m1/s1. The Morgan fingerprint density at radius 1 is 1.20 bits per heavy atom. The summed E-state index contributed by atoms with van der Waals surface area (Å²) in [5.41, 5.74) is -3.75. The SMILES string of the molecule is CC[C@@H](NC(=O)C1CC(=O)NC(Cc2ccc(OC)c(F)c2)N1)c1ccc(SC(F)(F)F)c(F)c1. The summed E-state index contributed by atoms with van der Waals surface area (Å²) in [7, 11) is 1.35. The van der Waals surface area contributed by atoms with Crippen LogP contribution in [0.3, 0.4) is 0 Å². The second kappa shape index (κ2) is 11.3. The highest BCUT2D eigenvalue weighted by atomic mass is 32.2. The zero-order valence-electron chi connectivity index (χ0n) is 18.8. The number of methoxy groups -OCH3 is 1. The fraction of sp³-hybridized carbons (Fsp3) is 0.391. The lowest BCUT2D eigenvalue weighted by molar-refractivity contribution is -0.132. The van der Waals surface area contributed by atoms with Gasteiger partial charge < -0.3 is 15.4 Å². The highest BCUT2D eigenvalue weighted by Crippen LogP contribution is 2.38. The maximum Gasteiger partial charge on any atom is 0.446 e. The van der Waals surface area contributed by atoms with E-state index in [1.165, 1.54) is 25.3 Å². The van der Waals surface area contributed by atoms with Crippen LogP contribution in [0.25, 0.3) is 0 Å². The molecule has 1 aliphatic heterocycles. The summed E-state index contributed by atoms with van der Waals surface area (Å²) in [5, 5.41) is 8.43. The highest BCUT2D eigenvalue weighted by Gasteiger charge is 2.33. The number of benzene rings is 2. The molecule has 12 heteroatoms. The molecule has 1 heterocycles. The van der Waals surface area contributed by atoms with Crippen LogP contribution in [-0.2, 0) is 16.0 Å². The van der Waals surface area contributed by atoms with E-state index >= 15 is 0 Å². The molecule has 3 N–H and O–H groups in total. The third kappa shape index (κ3) is 7.31. The molecule has 0 aromatic heterocycles. The van der Waals surface area contributed by atoms with E-state index in [9.17, 15) is 31.5 Å². The van der Waals surface area contributed by atoms with Crippen LogP contribution in [0.1, 0.15) is 36.9 Å². The van der Waals surface area contributed by atoms with Gasteiger partial charge in [-0.1, -0.05) is 19.1 Å². The number of nitrogens with one attached hydrogen (secondary N) is 3. The van der Waals surface area contributed by atoms with E-state index in [1.807, 2.05) is 0 Å².